The van der Waals surface area contributed by atoms with E-state index in [1.165, 1.54) is 0 Å². The molecule has 0 spiro atoms. The van der Waals surface area contributed by atoms with Crippen molar-refractivity contribution in [2.45, 2.75) is 32.7 Å². The van der Waals surface area contributed by atoms with Crippen LogP contribution in [0.4, 0.5) is 11.6 Å². The predicted octanol–water partition coefficient (Wildman–Crippen LogP) is 1.67. The van der Waals surface area contributed by atoms with E-state index in [1.54, 1.807) is 6.33 Å². The maximum atomic E-state index is 5.36. The molecule has 0 amide bonds. The van der Waals surface area contributed by atoms with Crippen molar-refractivity contribution >= 4 is 11.6 Å². The second-order valence-electron chi connectivity index (χ2n) is 4.14. The number of hydrogen-bond acceptors (Lipinski definition) is 5. The summed E-state index contributed by atoms with van der Waals surface area (Å²) in [4.78, 5) is 8.62. The normalized spacial score (nSPS) is 19.3. The van der Waals surface area contributed by atoms with E-state index in [0.717, 1.165) is 49.8 Å². The van der Waals surface area contributed by atoms with Crippen molar-refractivity contribution in [2.24, 2.45) is 0 Å². The minimum absolute atomic E-state index is 0.379. The van der Waals surface area contributed by atoms with Crippen LogP contribution in [0.2, 0.25) is 0 Å². The molecule has 1 atom stereocenters. The Labute approximate surface area is 102 Å². The number of anilines is 2. The number of nitrogens with zero attached hydrogens (tertiary/aromatic N) is 2. The summed E-state index contributed by atoms with van der Waals surface area (Å²) >= 11 is 0. The monoisotopic (exact) mass is 236 g/mol. The Balaban J connectivity index is 2.16. The number of hydrogen-bond donors (Lipinski definition) is 2. The topological polar surface area (TPSA) is 59.1 Å². The van der Waals surface area contributed by atoms with Crippen molar-refractivity contribution < 1.29 is 4.74 Å². The molecular weight excluding hydrogens is 216 g/mol. The lowest BCUT2D eigenvalue weighted by molar-refractivity contribution is 0.195. The first-order valence-electron chi connectivity index (χ1n) is 6.27. The first kappa shape index (κ1) is 12.1. The molecule has 1 aliphatic rings. The Morgan fingerprint density at radius 3 is 2.82 bits per heavy atom. The van der Waals surface area contributed by atoms with Crippen LogP contribution in [0.3, 0.4) is 0 Å². The summed E-state index contributed by atoms with van der Waals surface area (Å²) in [5.74, 6) is 1.88. The fraction of sp³-hybridized carbons (Fsp3) is 0.667. The van der Waals surface area contributed by atoms with Gasteiger partial charge in [-0.25, -0.2) is 9.97 Å². The van der Waals surface area contributed by atoms with E-state index in [0.29, 0.717) is 6.04 Å². The summed E-state index contributed by atoms with van der Waals surface area (Å²) in [5, 5.41) is 6.71. The van der Waals surface area contributed by atoms with Gasteiger partial charge in [-0.2, -0.15) is 0 Å². The first-order valence-corrected chi connectivity index (χ1v) is 6.27. The Hall–Kier alpha value is -1.36. The number of nitrogens with one attached hydrogen (secondary N) is 2. The summed E-state index contributed by atoms with van der Waals surface area (Å²) in [6.07, 6.45) is 3.57. The maximum Gasteiger partial charge on any atom is 0.135 e. The summed E-state index contributed by atoms with van der Waals surface area (Å²) in [5.41, 5.74) is 1.15. The van der Waals surface area contributed by atoms with Crippen LogP contribution in [-0.4, -0.2) is 35.8 Å². The average molecular weight is 236 g/mol. The van der Waals surface area contributed by atoms with E-state index in [4.69, 9.17) is 4.74 Å². The molecule has 1 fully saturated rings. The second-order valence-corrected chi connectivity index (χ2v) is 4.14. The molecule has 94 valence electrons. The van der Waals surface area contributed by atoms with Crippen LogP contribution in [-0.2, 0) is 11.2 Å². The lowest BCUT2D eigenvalue weighted by atomic mass is 10.2. The van der Waals surface area contributed by atoms with Gasteiger partial charge in [-0.15, -0.1) is 0 Å². The zero-order valence-electron chi connectivity index (χ0n) is 10.5. The molecule has 1 saturated heterocycles. The van der Waals surface area contributed by atoms with Gasteiger partial charge in [0, 0.05) is 18.7 Å². The van der Waals surface area contributed by atoms with Gasteiger partial charge in [0.1, 0.15) is 18.0 Å². The van der Waals surface area contributed by atoms with Crippen molar-refractivity contribution in [1.29, 1.82) is 0 Å². The fourth-order valence-corrected chi connectivity index (χ4v) is 2.03. The lowest BCUT2D eigenvalue weighted by Gasteiger charge is -2.16. The third-order valence-electron chi connectivity index (χ3n) is 2.91. The van der Waals surface area contributed by atoms with E-state index >= 15 is 0 Å². The lowest BCUT2D eigenvalue weighted by Crippen LogP contribution is -2.21. The largest absolute Gasteiger partial charge is 0.379 e. The standard InChI is InChI=1S/C12H20N4O/c1-3-10-11(13-4-2)14-8-15-12(10)16-9-5-6-17-7-9/h8-9H,3-7H2,1-2H3,(H2,13,14,15,16). The summed E-state index contributed by atoms with van der Waals surface area (Å²) < 4.78 is 5.36. The highest BCUT2D eigenvalue weighted by Crippen LogP contribution is 2.22. The number of rotatable bonds is 5. The van der Waals surface area contributed by atoms with Gasteiger partial charge < -0.3 is 15.4 Å². The van der Waals surface area contributed by atoms with Crippen LogP contribution in [0.25, 0.3) is 0 Å². The van der Waals surface area contributed by atoms with Crippen LogP contribution < -0.4 is 10.6 Å². The summed E-state index contributed by atoms with van der Waals surface area (Å²) in [6, 6.07) is 0.379. The number of ether oxygens (including phenoxy) is 1. The van der Waals surface area contributed by atoms with Gasteiger partial charge in [-0.1, -0.05) is 6.92 Å². The van der Waals surface area contributed by atoms with E-state index < -0.39 is 0 Å². The molecule has 1 aromatic heterocycles. The summed E-state index contributed by atoms with van der Waals surface area (Å²) in [7, 11) is 0. The Bertz CT molecular complexity index is 364. The molecule has 0 saturated carbocycles. The molecule has 0 bridgehead atoms. The van der Waals surface area contributed by atoms with E-state index in [1.807, 2.05) is 0 Å². The fourth-order valence-electron chi connectivity index (χ4n) is 2.03. The molecule has 5 nitrogen and oxygen atoms in total. The van der Waals surface area contributed by atoms with Crippen LogP contribution in [0, 0.1) is 0 Å². The molecule has 2 rings (SSSR count). The third kappa shape index (κ3) is 2.85. The predicted molar refractivity (Wildman–Crippen MR) is 68.4 cm³/mol. The van der Waals surface area contributed by atoms with Gasteiger partial charge >= 0.3 is 0 Å². The highest BCUT2D eigenvalue weighted by molar-refractivity contribution is 5.57. The first-order chi connectivity index (χ1) is 8.35. The van der Waals surface area contributed by atoms with Crippen molar-refractivity contribution in [3.63, 3.8) is 0 Å². The van der Waals surface area contributed by atoms with Crippen molar-refractivity contribution in [3.8, 4) is 0 Å². The van der Waals surface area contributed by atoms with Gasteiger partial charge in [-0.3, -0.25) is 0 Å². The zero-order chi connectivity index (χ0) is 12.1. The summed E-state index contributed by atoms with van der Waals surface area (Å²) in [6.45, 7) is 6.67. The SMILES string of the molecule is CCNc1ncnc(NC2CCOC2)c1CC. The van der Waals surface area contributed by atoms with Crippen LogP contribution >= 0.6 is 0 Å². The van der Waals surface area contributed by atoms with Crippen LogP contribution in [0.1, 0.15) is 25.8 Å². The highest BCUT2D eigenvalue weighted by atomic mass is 16.5. The van der Waals surface area contributed by atoms with E-state index in [2.05, 4.69) is 34.4 Å². The Morgan fingerprint density at radius 1 is 1.35 bits per heavy atom. The smallest absolute Gasteiger partial charge is 0.135 e. The van der Waals surface area contributed by atoms with Gasteiger partial charge in [-0.05, 0) is 19.8 Å². The molecule has 0 radical (unpaired) electrons. The maximum absolute atomic E-state index is 5.36. The second kappa shape index (κ2) is 5.82. The van der Waals surface area contributed by atoms with Gasteiger partial charge in [0.15, 0.2) is 0 Å². The number of aromatic nitrogens is 2. The molecule has 5 heteroatoms. The molecule has 2 heterocycles. The third-order valence-corrected chi connectivity index (χ3v) is 2.91. The molecule has 0 aliphatic carbocycles. The molecule has 2 N–H and O–H groups in total. The molecule has 1 aliphatic heterocycles. The zero-order valence-corrected chi connectivity index (χ0v) is 10.5. The molecule has 0 aromatic carbocycles. The Kier molecular flexibility index (Phi) is 4.14. The molecular formula is C12H20N4O. The van der Waals surface area contributed by atoms with E-state index in [-0.39, 0.29) is 0 Å². The van der Waals surface area contributed by atoms with Gasteiger partial charge in [0.05, 0.1) is 12.6 Å². The van der Waals surface area contributed by atoms with Gasteiger partial charge in [0.25, 0.3) is 0 Å². The average Bonchev–Trinajstić information content (AvgIpc) is 2.83. The minimum atomic E-state index is 0.379. The molecule has 17 heavy (non-hydrogen) atoms. The van der Waals surface area contributed by atoms with Crippen molar-refractivity contribution in [1.82, 2.24) is 9.97 Å². The molecule has 1 unspecified atom stereocenters. The quantitative estimate of drug-likeness (QED) is 0.814. The Morgan fingerprint density at radius 2 is 2.18 bits per heavy atom. The van der Waals surface area contributed by atoms with Crippen LogP contribution in [0.15, 0.2) is 6.33 Å². The molecule has 1 aromatic rings. The van der Waals surface area contributed by atoms with Crippen LogP contribution in [0.5, 0.6) is 0 Å². The highest BCUT2D eigenvalue weighted by Gasteiger charge is 2.18. The van der Waals surface area contributed by atoms with Crippen molar-refractivity contribution in [2.75, 3.05) is 30.4 Å². The van der Waals surface area contributed by atoms with E-state index in [9.17, 15) is 0 Å². The van der Waals surface area contributed by atoms with Crippen molar-refractivity contribution in [3.05, 3.63) is 11.9 Å². The minimum Gasteiger partial charge on any atom is -0.379 e. The van der Waals surface area contributed by atoms with Gasteiger partial charge in [0.2, 0.25) is 0 Å².